The number of likely N-dealkylation sites (tertiary alicyclic amines) is 1. The molecule has 176 valence electrons. The fourth-order valence-electron chi connectivity index (χ4n) is 4.32. The summed E-state index contributed by atoms with van der Waals surface area (Å²) in [6.45, 7) is 4.45. The fourth-order valence-corrected chi connectivity index (χ4v) is 4.32. The maximum absolute atomic E-state index is 13.0. The topological polar surface area (TPSA) is 80.1 Å². The normalized spacial score (nSPS) is 18.3. The zero-order valence-electron chi connectivity index (χ0n) is 18.2. The highest BCUT2D eigenvalue weighted by Gasteiger charge is 2.33. The molecule has 1 saturated carbocycles. The van der Waals surface area contributed by atoms with Gasteiger partial charge in [0.2, 0.25) is 5.91 Å². The molecule has 1 aliphatic heterocycles. The zero-order chi connectivity index (χ0) is 24.0. The third kappa shape index (κ3) is 4.04. The van der Waals surface area contributed by atoms with E-state index in [1.165, 1.54) is 12.1 Å². The van der Waals surface area contributed by atoms with E-state index in [1.807, 2.05) is 0 Å². The maximum atomic E-state index is 13.0. The highest BCUT2D eigenvalue weighted by atomic mass is 19.4. The van der Waals surface area contributed by atoms with Gasteiger partial charge in [-0.25, -0.2) is 0 Å². The third-order valence-corrected chi connectivity index (χ3v) is 6.21. The van der Waals surface area contributed by atoms with E-state index >= 15 is 0 Å². The molecule has 2 aliphatic rings. The Kier molecular flexibility index (Phi) is 5.38. The maximum Gasteiger partial charge on any atom is 0.433 e. The van der Waals surface area contributed by atoms with Crippen LogP contribution in [0.2, 0.25) is 0 Å². The molecule has 3 aromatic rings. The van der Waals surface area contributed by atoms with E-state index in [0.717, 1.165) is 25.1 Å². The van der Waals surface area contributed by atoms with Crippen LogP contribution in [0.5, 0.6) is 0 Å². The zero-order valence-corrected chi connectivity index (χ0v) is 18.2. The van der Waals surface area contributed by atoms with Gasteiger partial charge in [0.15, 0.2) is 0 Å². The van der Waals surface area contributed by atoms with Crippen LogP contribution in [-0.2, 0) is 11.0 Å². The van der Waals surface area contributed by atoms with Crippen LogP contribution in [0.1, 0.15) is 41.4 Å². The molecule has 1 saturated heterocycles. The second kappa shape index (κ2) is 8.27. The van der Waals surface area contributed by atoms with Crippen LogP contribution in [0, 0.1) is 0 Å². The number of amides is 2. The second-order valence-corrected chi connectivity index (χ2v) is 8.60. The molecular formula is C24H22F3N5O2. The van der Waals surface area contributed by atoms with Gasteiger partial charge in [-0.3, -0.25) is 19.3 Å². The number of nitrogens with zero attached hydrogens (tertiary/aromatic N) is 4. The summed E-state index contributed by atoms with van der Waals surface area (Å²) in [5, 5.41) is 8.37. The number of hydrogen-bond acceptors (Lipinski definition) is 4. The lowest BCUT2D eigenvalue weighted by molar-refractivity contribution is -0.141. The van der Waals surface area contributed by atoms with Gasteiger partial charge in [0.05, 0.1) is 17.1 Å². The first kappa shape index (κ1) is 22.1. The van der Waals surface area contributed by atoms with Crippen molar-refractivity contribution in [3.05, 3.63) is 60.4 Å². The Morgan fingerprint density at radius 1 is 1.15 bits per heavy atom. The summed E-state index contributed by atoms with van der Waals surface area (Å²) in [5.74, 6) is -0.402. The molecule has 2 fully saturated rings. The number of halogens is 3. The SMILES string of the molecule is C=CC(=O)N1CCC(n2nc(-c3ccc(C(F)(F)F)nc3)c3cccc(C(=O)NC4CC4)c32)C1. The number of fused-ring (bicyclic) bond motifs is 1. The summed E-state index contributed by atoms with van der Waals surface area (Å²) in [4.78, 5) is 30.4. The molecule has 1 unspecified atom stereocenters. The van der Waals surface area contributed by atoms with E-state index in [4.69, 9.17) is 5.10 Å². The van der Waals surface area contributed by atoms with Gasteiger partial charge in [0, 0.05) is 36.3 Å². The smallest absolute Gasteiger partial charge is 0.349 e. The predicted molar refractivity (Wildman–Crippen MR) is 119 cm³/mol. The van der Waals surface area contributed by atoms with Crippen molar-refractivity contribution in [1.82, 2.24) is 25.0 Å². The van der Waals surface area contributed by atoms with Crippen LogP contribution in [0.15, 0.2) is 49.2 Å². The molecule has 1 aromatic carbocycles. The highest BCUT2D eigenvalue weighted by Crippen LogP contribution is 2.36. The predicted octanol–water partition coefficient (Wildman–Crippen LogP) is 3.97. The van der Waals surface area contributed by atoms with Gasteiger partial charge in [-0.1, -0.05) is 18.7 Å². The summed E-state index contributed by atoms with van der Waals surface area (Å²) >= 11 is 0. The van der Waals surface area contributed by atoms with Gasteiger partial charge in [-0.05, 0) is 43.5 Å². The second-order valence-electron chi connectivity index (χ2n) is 8.60. The Balaban J connectivity index is 1.62. The first-order valence-electron chi connectivity index (χ1n) is 11.0. The average Bonchev–Trinajstić information content (AvgIpc) is 3.35. The number of pyridine rings is 1. The number of rotatable bonds is 5. The number of para-hydroxylation sites is 1. The monoisotopic (exact) mass is 469 g/mol. The van der Waals surface area contributed by atoms with Gasteiger partial charge >= 0.3 is 6.18 Å². The summed E-state index contributed by atoms with van der Waals surface area (Å²) in [5.41, 5.74) is 0.892. The van der Waals surface area contributed by atoms with Crippen LogP contribution in [0.4, 0.5) is 13.2 Å². The van der Waals surface area contributed by atoms with Crippen molar-refractivity contribution < 1.29 is 22.8 Å². The molecule has 34 heavy (non-hydrogen) atoms. The summed E-state index contributed by atoms with van der Waals surface area (Å²) in [7, 11) is 0. The van der Waals surface area contributed by atoms with Crippen LogP contribution in [-0.4, -0.2) is 50.6 Å². The largest absolute Gasteiger partial charge is 0.433 e. The lowest BCUT2D eigenvalue weighted by atomic mass is 10.0. The standard InChI is InChI=1S/C24H22F3N5O2/c1-2-20(33)31-11-10-16(13-31)32-22-17(4-3-5-18(22)23(34)29-15-7-8-15)21(30-32)14-6-9-19(28-12-14)24(25,26)27/h2-6,9,12,15-16H,1,7-8,10-11,13H2,(H,29,34). The molecule has 2 amide bonds. The highest BCUT2D eigenvalue weighted by molar-refractivity contribution is 6.09. The molecule has 0 bridgehead atoms. The van der Waals surface area contributed by atoms with Crippen molar-refractivity contribution in [2.75, 3.05) is 13.1 Å². The number of nitrogens with one attached hydrogen (secondary N) is 1. The van der Waals surface area contributed by atoms with Gasteiger partial charge in [-0.2, -0.15) is 18.3 Å². The molecule has 7 nitrogen and oxygen atoms in total. The number of aromatic nitrogens is 3. The Labute approximate surface area is 193 Å². The lowest BCUT2D eigenvalue weighted by Crippen LogP contribution is -2.28. The molecular weight excluding hydrogens is 447 g/mol. The lowest BCUT2D eigenvalue weighted by Gasteiger charge is -2.16. The Hall–Kier alpha value is -3.69. The first-order chi connectivity index (χ1) is 16.3. The van der Waals surface area contributed by atoms with E-state index in [1.54, 1.807) is 27.8 Å². The Morgan fingerprint density at radius 3 is 2.59 bits per heavy atom. The van der Waals surface area contributed by atoms with Crippen LogP contribution >= 0.6 is 0 Å². The number of carbonyl (C=O) groups excluding carboxylic acids is 2. The molecule has 5 rings (SSSR count). The summed E-state index contributed by atoms with van der Waals surface area (Å²) in [6, 6.07) is 7.46. The van der Waals surface area contributed by atoms with Crippen LogP contribution < -0.4 is 5.32 Å². The molecule has 2 aromatic heterocycles. The van der Waals surface area contributed by atoms with E-state index < -0.39 is 11.9 Å². The van der Waals surface area contributed by atoms with Gasteiger partial charge < -0.3 is 10.2 Å². The number of hydrogen-bond donors (Lipinski definition) is 1. The average molecular weight is 469 g/mol. The number of alkyl halides is 3. The number of carbonyl (C=O) groups is 2. The van der Waals surface area contributed by atoms with Gasteiger partial charge in [-0.15, -0.1) is 0 Å². The molecule has 0 radical (unpaired) electrons. The Bertz CT molecular complexity index is 1280. The fraction of sp³-hybridized carbons (Fsp3) is 0.333. The van der Waals surface area contributed by atoms with Crippen molar-refractivity contribution in [2.24, 2.45) is 0 Å². The van der Waals surface area contributed by atoms with E-state index in [2.05, 4.69) is 16.9 Å². The molecule has 10 heteroatoms. The minimum Gasteiger partial charge on any atom is -0.349 e. The minimum atomic E-state index is -4.54. The minimum absolute atomic E-state index is 0.157. The molecule has 1 aliphatic carbocycles. The summed E-state index contributed by atoms with van der Waals surface area (Å²) < 4.78 is 40.7. The van der Waals surface area contributed by atoms with E-state index in [0.29, 0.717) is 47.2 Å². The van der Waals surface area contributed by atoms with Crippen LogP contribution in [0.3, 0.4) is 0 Å². The molecule has 1 atom stereocenters. The molecule has 0 spiro atoms. The van der Waals surface area contributed by atoms with Crippen molar-refractivity contribution in [2.45, 2.75) is 37.5 Å². The first-order valence-corrected chi connectivity index (χ1v) is 11.0. The van der Waals surface area contributed by atoms with Crippen LogP contribution in [0.25, 0.3) is 22.2 Å². The molecule has 1 N–H and O–H groups in total. The number of benzene rings is 1. The van der Waals surface area contributed by atoms with Crippen molar-refractivity contribution >= 4 is 22.7 Å². The summed E-state index contributed by atoms with van der Waals surface area (Å²) in [6.07, 6.45) is 0.361. The van der Waals surface area contributed by atoms with E-state index in [9.17, 15) is 22.8 Å². The van der Waals surface area contributed by atoms with Crippen molar-refractivity contribution in [1.29, 1.82) is 0 Å². The van der Waals surface area contributed by atoms with Gasteiger partial charge in [0.25, 0.3) is 5.91 Å². The Morgan fingerprint density at radius 2 is 1.94 bits per heavy atom. The van der Waals surface area contributed by atoms with Crippen molar-refractivity contribution in [3.63, 3.8) is 0 Å². The van der Waals surface area contributed by atoms with Crippen molar-refractivity contribution in [3.8, 4) is 11.3 Å². The molecule has 3 heterocycles. The van der Waals surface area contributed by atoms with Gasteiger partial charge in [0.1, 0.15) is 11.4 Å². The van der Waals surface area contributed by atoms with E-state index in [-0.39, 0.29) is 23.9 Å². The third-order valence-electron chi connectivity index (χ3n) is 6.21. The quantitative estimate of drug-likeness (QED) is 0.574.